The molecular weight excluding hydrogens is 707 g/mol. The van der Waals surface area contributed by atoms with E-state index in [0.717, 1.165) is 70.6 Å². The lowest BCUT2D eigenvalue weighted by Crippen LogP contribution is -2.46. The Bertz CT molecular complexity index is 904. The van der Waals surface area contributed by atoms with E-state index < -0.39 is 18.2 Å². The van der Waals surface area contributed by atoms with Crippen LogP contribution in [0.1, 0.15) is 265 Å². The van der Waals surface area contributed by atoms with E-state index in [1.165, 1.54) is 148 Å². The number of carbonyl (C=O) groups is 2. The molecule has 0 heterocycles. The third-order valence-corrected chi connectivity index (χ3v) is 11.5. The molecule has 6 heteroatoms. The molecule has 3 N–H and O–H groups in total. The first-order valence-electron chi connectivity index (χ1n) is 25.1. The fraction of sp³-hybridized carbons (Fsp3) is 0.882. The predicted octanol–water partition coefficient (Wildman–Crippen LogP) is 14.7. The van der Waals surface area contributed by atoms with Crippen molar-refractivity contribution >= 4 is 11.9 Å². The molecule has 0 fully saturated rings. The number of aliphatic hydroxyl groups excluding tert-OH is 2. The van der Waals surface area contributed by atoms with Crippen LogP contribution in [0.25, 0.3) is 0 Å². The molecule has 57 heavy (non-hydrogen) atoms. The van der Waals surface area contributed by atoms with E-state index in [9.17, 15) is 19.8 Å². The van der Waals surface area contributed by atoms with Gasteiger partial charge in [0.25, 0.3) is 0 Å². The summed E-state index contributed by atoms with van der Waals surface area (Å²) in [5, 5.41) is 23.7. The zero-order valence-electron chi connectivity index (χ0n) is 38.2. The Morgan fingerprint density at radius 1 is 0.491 bits per heavy atom. The first kappa shape index (κ1) is 55.3. The summed E-state index contributed by atoms with van der Waals surface area (Å²) >= 11 is 0. The minimum Gasteiger partial charge on any atom is -0.462 e. The van der Waals surface area contributed by atoms with Crippen molar-refractivity contribution in [2.75, 3.05) is 6.61 Å². The number of hydrogen-bond donors (Lipinski definition) is 3. The Kier molecular flexibility index (Phi) is 44.1. The molecule has 0 spiro atoms. The van der Waals surface area contributed by atoms with Gasteiger partial charge in [-0.25, -0.2) is 0 Å². The first-order chi connectivity index (χ1) is 28.0. The summed E-state index contributed by atoms with van der Waals surface area (Å²) in [4.78, 5) is 26.1. The number of amides is 1. The highest BCUT2D eigenvalue weighted by molar-refractivity contribution is 5.77. The van der Waals surface area contributed by atoms with Crippen LogP contribution in [0.3, 0.4) is 0 Å². The fourth-order valence-electron chi connectivity index (χ4n) is 7.65. The molecule has 0 rings (SSSR count). The molecule has 0 aromatic rings. The lowest BCUT2D eigenvalue weighted by atomic mass is 10.0. The van der Waals surface area contributed by atoms with Crippen molar-refractivity contribution in [1.29, 1.82) is 0 Å². The number of hydrogen-bond acceptors (Lipinski definition) is 5. The van der Waals surface area contributed by atoms with Gasteiger partial charge >= 0.3 is 5.97 Å². The van der Waals surface area contributed by atoms with Crippen LogP contribution in [0, 0.1) is 0 Å². The van der Waals surface area contributed by atoms with E-state index in [2.05, 4.69) is 50.4 Å². The van der Waals surface area contributed by atoms with E-state index in [1.54, 1.807) is 0 Å². The van der Waals surface area contributed by atoms with Crippen LogP contribution >= 0.6 is 0 Å². The summed E-state index contributed by atoms with van der Waals surface area (Å²) in [5.74, 6) is -0.491. The highest BCUT2D eigenvalue weighted by Crippen LogP contribution is 2.17. The molecule has 0 aliphatic rings. The molecule has 3 atom stereocenters. The molecule has 0 bridgehead atoms. The monoisotopic (exact) mass is 804 g/mol. The quantitative estimate of drug-likeness (QED) is 0.0324. The molecule has 0 aliphatic heterocycles. The maximum Gasteiger partial charge on any atom is 0.306 e. The highest BCUT2D eigenvalue weighted by atomic mass is 16.5. The Hall–Kier alpha value is -1.66. The Morgan fingerprint density at radius 2 is 0.842 bits per heavy atom. The van der Waals surface area contributed by atoms with E-state index in [-0.39, 0.29) is 24.9 Å². The van der Waals surface area contributed by atoms with E-state index in [4.69, 9.17) is 4.74 Å². The van der Waals surface area contributed by atoms with Gasteiger partial charge in [0.15, 0.2) is 0 Å². The Balaban J connectivity index is 4.60. The molecule has 1 amide bonds. The van der Waals surface area contributed by atoms with Crippen LogP contribution in [0.5, 0.6) is 0 Å². The van der Waals surface area contributed by atoms with Crippen LogP contribution in [0.4, 0.5) is 0 Å². The summed E-state index contributed by atoms with van der Waals surface area (Å²) < 4.78 is 5.91. The average molecular weight is 804 g/mol. The number of rotatable bonds is 45. The van der Waals surface area contributed by atoms with E-state index in [0.29, 0.717) is 19.3 Å². The van der Waals surface area contributed by atoms with Gasteiger partial charge in [-0.2, -0.15) is 0 Å². The molecule has 3 unspecified atom stereocenters. The van der Waals surface area contributed by atoms with Crippen molar-refractivity contribution in [3.05, 3.63) is 24.3 Å². The lowest BCUT2D eigenvalue weighted by Gasteiger charge is -2.24. The average Bonchev–Trinajstić information content (AvgIpc) is 3.20. The number of allylic oxidation sites excluding steroid dienone is 4. The van der Waals surface area contributed by atoms with Crippen molar-refractivity contribution < 1.29 is 24.5 Å². The highest BCUT2D eigenvalue weighted by Gasteiger charge is 2.24. The molecule has 6 nitrogen and oxygen atoms in total. The molecule has 0 aliphatic carbocycles. The van der Waals surface area contributed by atoms with Crippen molar-refractivity contribution in [1.82, 2.24) is 5.32 Å². The van der Waals surface area contributed by atoms with Crippen molar-refractivity contribution in [2.24, 2.45) is 0 Å². The molecule has 0 radical (unpaired) electrons. The van der Waals surface area contributed by atoms with Crippen LogP contribution in [-0.2, 0) is 14.3 Å². The minimum absolute atomic E-state index is 0.0673. The molecule has 0 aromatic carbocycles. The van der Waals surface area contributed by atoms with Crippen molar-refractivity contribution in [3.63, 3.8) is 0 Å². The second-order valence-electron chi connectivity index (χ2n) is 17.2. The van der Waals surface area contributed by atoms with Crippen LogP contribution < -0.4 is 5.32 Å². The zero-order chi connectivity index (χ0) is 41.7. The Labute approximate surface area is 354 Å². The summed E-state index contributed by atoms with van der Waals surface area (Å²) in [7, 11) is 0. The number of aliphatic hydroxyl groups is 2. The van der Waals surface area contributed by atoms with Gasteiger partial charge in [0, 0.05) is 6.42 Å². The number of esters is 1. The summed E-state index contributed by atoms with van der Waals surface area (Å²) in [6.45, 7) is 6.45. The zero-order valence-corrected chi connectivity index (χ0v) is 38.2. The van der Waals surface area contributed by atoms with Gasteiger partial charge in [-0.05, 0) is 77.0 Å². The van der Waals surface area contributed by atoms with Gasteiger partial charge < -0.3 is 20.3 Å². The third kappa shape index (κ3) is 40.9. The molecule has 0 saturated heterocycles. The largest absolute Gasteiger partial charge is 0.462 e. The number of unbranched alkanes of at least 4 members (excludes halogenated alkanes) is 29. The predicted molar refractivity (Wildman–Crippen MR) is 246 cm³/mol. The topological polar surface area (TPSA) is 95.9 Å². The minimum atomic E-state index is -0.788. The second kappa shape index (κ2) is 45.4. The summed E-state index contributed by atoms with van der Waals surface area (Å²) in [6.07, 6.45) is 50.9. The normalized spacial score (nSPS) is 13.4. The van der Waals surface area contributed by atoms with Crippen LogP contribution in [0.15, 0.2) is 24.3 Å². The third-order valence-electron chi connectivity index (χ3n) is 11.5. The maximum absolute atomic E-state index is 13.2. The Morgan fingerprint density at radius 3 is 1.30 bits per heavy atom. The smallest absolute Gasteiger partial charge is 0.306 e. The number of carbonyl (C=O) groups excluding carboxylic acids is 2. The van der Waals surface area contributed by atoms with Gasteiger partial charge in [0.05, 0.1) is 25.2 Å². The van der Waals surface area contributed by atoms with Crippen LogP contribution in [-0.4, -0.2) is 46.9 Å². The standard InChI is InChI=1S/C51H97NO5/c1-4-7-10-13-16-19-22-25-26-27-30-33-36-39-42-47(57-51(56)44-41-38-35-32-29-24-21-18-15-12-9-6-3)45-50(55)52-48(46-53)49(54)43-40-37-34-31-28-23-20-17-14-11-8-5-2/h18,21,26-27,47-49,53-54H,4-17,19-20,22-25,28-46H2,1-3H3,(H,52,55)/b21-18-,27-26+. The van der Waals surface area contributed by atoms with Gasteiger partial charge in [0.1, 0.15) is 6.10 Å². The van der Waals surface area contributed by atoms with Gasteiger partial charge in [-0.3, -0.25) is 9.59 Å². The number of ether oxygens (including phenoxy) is 1. The molecule has 0 aromatic heterocycles. The van der Waals surface area contributed by atoms with E-state index >= 15 is 0 Å². The van der Waals surface area contributed by atoms with E-state index in [1.807, 2.05) is 0 Å². The SMILES string of the molecule is CCCCC/C=C\CCCCCCCC(=O)OC(CCCCC/C=C/CCCCCCCCC)CC(=O)NC(CO)C(O)CCCCCCCCCCCCCC. The second-order valence-corrected chi connectivity index (χ2v) is 17.2. The fourth-order valence-corrected chi connectivity index (χ4v) is 7.65. The molecule has 336 valence electrons. The van der Waals surface area contributed by atoms with Gasteiger partial charge in [0.2, 0.25) is 5.91 Å². The number of nitrogens with one attached hydrogen (secondary N) is 1. The first-order valence-corrected chi connectivity index (χ1v) is 25.1. The van der Waals surface area contributed by atoms with Crippen molar-refractivity contribution in [3.8, 4) is 0 Å². The molecule has 0 saturated carbocycles. The summed E-state index contributed by atoms with van der Waals surface area (Å²) in [6, 6.07) is -0.703. The lowest BCUT2D eigenvalue weighted by molar-refractivity contribution is -0.151. The molecular formula is C51H97NO5. The summed E-state index contributed by atoms with van der Waals surface area (Å²) in [5.41, 5.74) is 0. The van der Waals surface area contributed by atoms with Gasteiger partial charge in [-0.15, -0.1) is 0 Å². The van der Waals surface area contributed by atoms with Crippen LogP contribution in [0.2, 0.25) is 0 Å². The van der Waals surface area contributed by atoms with Gasteiger partial charge in [-0.1, -0.05) is 199 Å². The van der Waals surface area contributed by atoms with Crippen molar-refractivity contribution in [2.45, 2.75) is 283 Å². The maximum atomic E-state index is 13.2.